The standard InChI is InChI=1S/C14H12N8/c15-14-16-4-3-12(20-14)19-9-1-2-11-10(5-9)13(22-21-11)8-6-17-18-7-8/h1-7H,(H,17,18)(H,21,22)(H3,15,16,19,20). The van der Waals surface area contributed by atoms with Gasteiger partial charge in [0.05, 0.1) is 11.7 Å². The zero-order valence-corrected chi connectivity index (χ0v) is 11.4. The number of H-pyrrole nitrogens is 2. The highest BCUT2D eigenvalue weighted by atomic mass is 15.1. The summed E-state index contributed by atoms with van der Waals surface area (Å²) in [4.78, 5) is 8.00. The lowest BCUT2D eigenvalue weighted by molar-refractivity contribution is 1.09. The van der Waals surface area contributed by atoms with Crippen molar-refractivity contribution in [3.05, 3.63) is 42.9 Å². The summed E-state index contributed by atoms with van der Waals surface area (Å²) in [7, 11) is 0. The summed E-state index contributed by atoms with van der Waals surface area (Å²) >= 11 is 0. The summed E-state index contributed by atoms with van der Waals surface area (Å²) in [5, 5.41) is 18.3. The lowest BCUT2D eigenvalue weighted by atomic mass is 10.1. The number of anilines is 3. The highest BCUT2D eigenvalue weighted by molar-refractivity contribution is 5.94. The molecule has 0 fully saturated rings. The zero-order chi connectivity index (χ0) is 14.9. The number of nitrogens with one attached hydrogen (secondary N) is 3. The Kier molecular flexibility index (Phi) is 2.72. The van der Waals surface area contributed by atoms with E-state index in [1.807, 2.05) is 18.2 Å². The molecule has 1 aromatic carbocycles. The smallest absolute Gasteiger partial charge is 0.221 e. The van der Waals surface area contributed by atoms with E-state index in [9.17, 15) is 0 Å². The number of nitrogens with two attached hydrogens (primary N) is 1. The molecule has 0 aliphatic heterocycles. The van der Waals surface area contributed by atoms with Gasteiger partial charge in [0.2, 0.25) is 5.95 Å². The van der Waals surface area contributed by atoms with Crippen LogP contribution in [0.4, 0.5) is 17.5 Å². The third-order valence-electron chi connectivity index (χ3n) is 3.28. The fourth-order valence-electron chi connectivity index (χ4n) is 2.28. The Balaban J connectivity index is 1.75. The molecule has 0 unspecified atom stereocenters. The minimum atomic E-state index is 0.230. The maximum Gasteiger partial charge on any atom is 0.221 e. The number of aromatic amines is 2. The third-order valence-corrected chi connectivity index (χ3v) is 3.28. The fraction of sp³-hybridized carbons (Fsp3) is 0. The lowest BCUT2D eigenvalue weighted by Gasteiger charge is -2.06. The normalized spacial score (nSPS) is 10.9. The molecule has 4 aromatic rings. The van der Waals surface area contributed by atoms with Crippen LogP contribution < -0.4 is 11.1 Å². The summed E-state index contributed by atoms with van der Waals surface area (Å²) < 4.78 is 0. The summed E-state index contributed by atoms with van der Waals surface area (Å²) in [5.41, 5.74) is 9.19. The number of benzene rings is 1. The van der Waals surface area contributed by atoms with E-state index in [1.54, 1.807) is 24.7 Å². The van der Waals surface area contributed by atoms with Crippen molar-refractivity contribution in [2.45, 2.75) is 0 Å². The van der Waals surface area contributed by atoms with Gasteiger partial charge in [-0.2, -0.15) is 15.2 Å². The average Bonchev–Trinajstić information content (AvgIpc) is 3.15. The van der Waals surface area contributed by atoms with Crippen LogP contribution in [0.5, 0.6) is 0 Å². The average molecular weight is 292 g/mol. The molecule has 108 valence electrons. The SMILES string of the molecule is Nc1nccc(Nc2ccc3[nH]nc(-c4cn[nH]c4)c3c2)n1. The van der Waals surface area contributed by atoms with Gasteiger partial charge in [-0.15, -0.1) is 0 Å². The first-order chi connectivity index (χ1) is 10.8. The van der Waals surface area contributed by atoms with Gasteiger partial charge < -0.3 is 11.1 Å². The Morgan fingerprint density at radius 1 is 1.18 bits per heavy atom. The van der Waals surface area contributed by atoms with Gasteiger partial charge in [0.25, 0.3) is 0 Å². The van der Waals surface area contributed by atoms with E-state index >= 15 is 0 Å². The minimum Gasteiger partial charge on any atom is -0.368 e. The molecule has 0 radical (unpaired) electrons. The van der Waals surface area contributed by atoms with Gasteiger partial charge in [0, 0.05) is 29.0 Å². The molecule has 22 heavy (non-hydrogen) atoms. The molecule has 8 nitrogen and oxygen atoms in total. The minimum absolute atomic E-state index is 0.230. The van der Waals surface area contributed by atoms with Crippen molar-refractivity contribution in [3.63, 3.8) is 0 Å². The molecule has 5 N–H and O–H groups in total. The number of nitrogen functional groups attached to an aromatic ring is 1. The van der Waals surface area contributed by atoms with Crippen molar-refractivity contribution in [1.29, 1.82) is 0 Å². The Bertz CT molecular complexity index is 925. The van der Waals surface area contributed by atoms with E-state index in [4.69, 9.17) is 5.73 Å². The zero-order valence-electron chi connectivity index (χ0n) is 11.4. The van der Waals surface area contributed by atoms with Crippen LogP contribution in [0.1, 0.15) is 0 Å². The Labute approximate surface area is 124 Å². The highest BCUT2D eigenvalue weighted by Gasteiger charge is 2.10. The molecule has 8 heteroatoms. The maximum atomic E-state index is 5.59. The van der Waals surface area contributed by atoms with E-state index in [2.05, 4.69) is 35.7 Å². The monoisotopic (exact) mass is 292 g/mol. The van der Waals surface area contributed by atoms with Crippen LogP contribution in [0.25, 0.3) is 22.2 Å². The molecule has 0 spiro atoms. The lowest BCUT2D eigenvalue weighted by Crippen LogP contribution is -1.98. The first-order valence-corrected chi connectivity index (χ1v) is 6.62. The van der Waals surface area contributed by atoms with Crippen LogP contribution >= 0.6 is 0 Å². The number of nitrogens with zero attached hydrogens (tertiary/aromatic N) is 4. The molecule has 0 amide bonds. The van der Waals surface area contributed by atoms with Gasteiger partial charge in [-0.25, -0.2) is 4.98 Å². The predicted molar refractivity (Wildman–Crippen MR) is 83.4 cm³/mol. The van der Waals surface area contributed by atoms with Crippen molar-refractivity contribution < 1.29 is 0 Å². The Hall–Kier alpha value is -3.42. The van der Waals surface area contributed by atoms with Gasteiger partial charge in [-0.1, -0.05) is 0 Å². The fourth-order valence-corrected chi connectivity index (χ4v) is 2.28. The first kappa shape index (κ1) is 12.3. The molecule has 0 aliphatic carbocycles. The molecular formula is C14H12N8. The van der Waals surface area contributed by atoms with Crippen LogP contribution in [0.3, 0.4) is 0 Å². The second-order valence-electron chi connectivity index (χ2n) is 4.74. The first-order valence-electron chi connectivity index (χ1n) is 6.62. The van der Waals surface area contributed by atoms with E-state index in [0.717, 1.165) is 27.8 Å². The van der Waals surface area contributed by atoms with Crippen LogP contribution in [0, 0.1) is 0 Å². The molecule has 0 saturated heterocycles. The van der Waals surface area contributed by atoms with Gasteiger partial charge in [-0.3, -0.25) is 10.2 Å². The van der Waals surface area contributed by atoms with E-state index < -0.39 is 0 Å². The van der Waals surface area contributed by atoms with Crippen molar-refractivity contribution in [2.24, 2.45) is 0 Å². The summed E-state index contributed by atoms with van der Waals surface area (Å²) in [6.07, 6.45) is 5.15. The quantitative estimate of drug-likeness (QED) is 0.458. The topological polar surface area (TPSA) is 121 Å². The summed E-state index contributed by atoms with van der Waals surface area (Å²) in [6.45, 7) is 0. The second-order valence-corrected chi connectivity index (χ2v) is 4.74. The largest absolute Gasteiger partial charge is 0.368 e. The number of rotatable bonds is 3. The van der Waals surface area contributed by atoms with Crippen molar-refractivity contribution in [1.82, 2.24) is 30.4 Å². The van der Waals surface area contributed by atoms with Crippen LogP contribution in [-0.4, -0.2) is 30.4 Å². The van der Waals surface area contributed by atoms with Gasteiger partial charge in [0.1, 0.15) is 11.5 Å². The Morgan fingerprint density at radius 2 is 2.14 bits per heavy atom. The molecule has 0 atom stereocenters. The van der Waals surface area contributed by atoms with E-state index in [0.29, 0.717) is 5.82 Å². The van der Waals surface area contributed by atoms with Crippen LogP contribution in [-0.2, 0) is 0 Å². The van der Waals surface area contributed by atoms with Crippen LogP contribution in [0.2, 0.25) is 0 Å². The summed E-state index contributed by atoms with van der Waals surface area (Å²) in [6, 6.07) is 7.66. The highest BCUT2D eigenvalue weighted by Crippen LogP contribution is 2.28. The van der Waals surface area contributed by atoms with Crippen LogP contribution in [0.15, 0.2) is 42.9 Å². The number of hydrogen-bond donors (Lipinski definition) is 4. The second kappa shape index (κ2) is 4.85. The van der Waals surface area contributed by atoms with Crippen molar-refractivity contribution in [3.8, 4) is 11.3 Å². The molecule has 3 heterocycles. The molecule has 0 aliphatic rings. The maximum absolute atomic E-state index is 5.59. The van der Waals surface area contributed by atoms with Crippen molar-refractivity contribution >= 4 is 28.4 Å². The summed E-state index contributed by atoms with van der Waals surface area (Å²) in [5.74, 6) is 0.869. The van der Waals surface area contributed by atoms with Gasteiger partial charge >= 0.3 is 0 Å². The van der Waals surface area contributed by atoms with E-state index in [1.165, 1.54) is 0 Å². The van der Waals surface area contributed by atoms with Gasteiger partial charge in [-0.05, 0) is 24.3 Å². The molecule has 0 saturated carbocycles. The van der Waals surface area contributed by atoms with Crippen molar-refractivity contribution in [2.75, 3.05) is 11.1 Å². The molecular weight excluding hydrogens is 280 g/mol. The Morgan fingerprint density at radius 3 is 2.95 bits per heavy atom. The predicted octanol–water partition coefficient (Wildman–Crippen LogP) is 2.07. The molecule has 0 bridgehead atoms. The van der Waals surface area contributed by atoms with E-state index in [-0.39, 0.29) is 5.95 Å². The number of hydrogen-bond acceptors (Lipinski definition) is 6. The molecule has 3 aromatic heterocycles. The number of aromatic nitrogens is 6. The molecule has 4 rings (SSSR count). The van der Waals surface area contributed by atoms with Gasteiger partial charge in [0.15, 0.2) is 0 Å². The number of fused-ring (bicyclic) bond motifs is 1. The third kappa shape index (κ3) is 2.12.